The zero-order valence-electron chi connectivity index (χ0n) is 11.7. The fourth-order valence-electron chi connectivity index (χ4n) is 2.38. The van der Waals surface area contributed by atoms with E-state index in [1.807, 2.05) is 32.0 Å². The Balaban J connectivity index is 2.64. The molecular weight excluding hydrogens is 236 g/mol. The van der Waals surface area contributed by atoms with Gasteiger partial charge in [0.15, 0.2) is 0 Å². The molecule has 0 unspecified atom stereocenters. The van der Waals surface area contributed by atoms with Gasteiger partial charge in [0, 0.05) is 23.5 Å². The van der Waals surface area contributed by atoms with Crippen molar-refractivity contribution >= 4 is 0 Å². The molecule has 2 N–H and O–H groups in total. The summed E-state index contributed by atoms with van der Waals surface area (Å²) in [6, 6.07) is 10.1. The third-order valence-corrected chi connectivity index (χ3v) is 3.52. The summed E-state index contributed by atoms with van der Waals surface area (Å²) >= 11 is 0. The van der Waals surface area contributed by atoms with Gasteiger partial charge in [0.25, 0.3) is 5.56 Å². The molecule has 0 bridgehead atoms. The van der Waals surface area contributed by atoms with Crippen molar-refractivity contribution in [2.45, 2.75) is 33.7 Å². The molecule has 0 aliphatic heterocycles. The maximum absolute atomic E-state index is 12.5. The second-order valence-electron chi connectivity index (χ2n) is 4.81. The number of aromatic nitrogens is 1. The molecule has 1 heterocycles. The van der Waals surface area contributed by atoms with Gasteiger partial charge in [-0.3, -0.25) is 9.36 Å². The molecule has 3 heteroatoms. The number of benzene rings is 1. The fourth-order valence-corrected chi connectivity index (χ4v) is 2.38. The van der Waals surface area contributed by atoms with Gasteiger partial charge in [-0.2, -0.15) is 0 Å². The molecule has 2 aromatic rings. The monoisotopic (exact) mass is 256 g/mol. The molecule has 0 aliphatic carbocycles. The summed E-state index contributed by atoms with van der Waals surface area (Å²) in [4.78, 5) is 12.5. The standard InChI is InChI=1S/C16H20N2O/c1-4-13-5-7-14(8-6-13)18-12(3)9-11(2)15(10-17)16(18)19/h5-9H,4,10,17H2,1-3H3. The largest absolute Gasteiger partial charge is 0.326 e. The van der Waals surface area contributed by atoms with Crippen molar-refractivity contribution < 1.29 is 0 Å². The summed E-state index contributed by atoms with van der Waals surface area (Å²) < 4.78 is 1.73. The topological polar surface area (TPSA) is 48.0 Å². The molecule has 0 amide bonds. The molecule has 0 fully saturated rings. The Kier molecular flexibility index (Phi) is 3.86. The first-order valence-corrected chi connectivity index (χ1v) is 6.60. The smallest absolute Gasteiger partial charge is 0.260 e. The SMILES string of the molecule is CCc1ccc(-n2c(C)cc(C)c(CN)c2=O)cc1. The van der Waals surface area contributed by atoms with Crippen LogP contribution in [0.5, 0.6) is 0 Å². The lowest BCUT2D eigenvalue weighted by Gasteiger charge is -2.14. The van der Waals surface area contributed by atoms with E-state index in [-0.39, 0.29) is 12.1 Å². The van der Waals surface area contributed by atoms with E-state index in [4.69, 9.17) is 5.73 Å². The van der Waals surface area contributed by atoms with E-state index >= 15 is 0 Å². The van der Waals surface area contributed by atoms with Crippen LogP contribution < -0.4 is 11.3 Å². The number of nitrogens with zero attached hydrogens (tertiary/aromatic N) is 1. The molecule has 1 aromatic carbocycles. The lowest BCUT2D eigenvalue weighted by molar-refractivity contribution is 0.875. The van der Waals surface area contributed by atoms with Crippen LogP contribution in [0.25, 0.3) is 5.69 Å². The van der Waals surface area contributed by atoms with Crippen LogP contribution in [-0.2, 0) is 13.0 Å². The van der Waals surface area contributed by atoms with Crippen LogP contribution in [0.2, 0.25) is 0 Å². The van der Waals surface area contributed by atoms with Crippen molar-refractivity contribution in [1.82, 2.24) is 4.57 Å². The average molecular weight is 256 g/mol. The van der Waals surface area contributed by atoms with Gasteiger partial charge in [0.2, 0.25) is 0 Å². The minimum atomic E-state index is -0.00996. The first kappa shape index (κ1) is 13.6. The zero-order chi connectivity index (χ0) is 14.0. The Morgan fingerprint density at radius 1 is 1.16 bits per heavy atom. The molecule has 19 heavy (non-hydrogen) atoms. The van der Waals surface area contributed by atoms with E-state index in [0.717, 1.165) is 23.4 Å². The highest BCUT2D eigenvalue weighted by Crippen LogP contribution is 2.13. The number of nitrogens with two attached hydrogens (primary N) is 1. The van der Waals surface area contributed by atoms with Crippen LogP contribution in [0, 0.1) is 13.8 Å². The normalized spacial score (nSPS) is 10.7. The maximum Gasteiger partial charge on any atom is 0.260 e. The molecule has 0 atom stereocenters. The van der Waals surface area contributed by atoms with Crippen molar-refractivity contribution in [3.63, 3.8) is 0 Å². The molecule has 0 saturated carbocycles. The van der Waals surface area contributed by atoms with Crippen molar-refractivity contribution in [2.75, 3.05) is 0 Å². The Morgan fingerprint density at radius 3 is 2.32 bits per heavy atom. The van der Waals surface area contributed by atoms with Gasteiger partial charge in [-0.05, 0) is 49.6 Å². The van der Waals surface area contributed by atoms with Crippen molar-refractivity contribution in [2.24, 2.45) is 5.73 Å². The molecular formula is C16H20N2O. The van der Waals surface area contributed by atoms with Crippen LogP contribution in [0.1, 0.15) is 29.3 Å². The van der Waals surface area contributed by atoms with E-state index in [1.165, 1.54) is 5.56 Å². The highest BCUT2D eigenvalue weighted by atomic mass is 16.1. The van der Waals surface area contributed by atoms with E-state index in [0.29, 0.717) is 5.56 Å². The molecule has 0 aliphatic rings. The second-order valence-corrected chi connectivity index (χ2v) is 4.81. The molecule has 1 aromatic heterocycles. The van der Waals surface area contributed by atoms with E-state index in [1.54, 1.807) is 4.57 Å². The Morgan fingerprint density at radius 2 is 1.79 bits per heavy atom. The van der Waals surface area contributed by atoms with Crippen LogP contribution in [0.3, 0.4) is 0 Å². The summed E-state index contributed by atoms with van der Waals surface area (Å²) in [7, 11) is 0. The van der Waals surface area contributed by atoms with Gasteiger partial charge >= 0.3 is 0 Å². The summed E-state index contributed by atoms with van der Waals surface area (Å²) in [5.74, 6) is 0. The number of rotatable bonds is 3. The Labute approximate surface area is 113 Å². The van der Waals surface area contributed by atoms with Crippen molar-refractivity contribution in [3.8, 4) is 5.69 Å². The van der Waals surface area contributed by atoms with E-state index < -0.39 is 0 Å². The van der Waals surface area contributed by atoms with Crippen LogP contribution in [0.4, 0.5) is 0 Å². The van der Waals surface area contributed by atoms with Gasteiger partial charge in [-0.1, -0.05) is 19.1 Å². The first-order valence-electron chi connectivity index (χ1n) is 6.60. The second kappa shape index (κ2) is 5.41. The molecule has 100 valence electrons. The number of pyridine rings is 1. The summed E-state index contributed by atoms with van der Waals surface area (Å²) in [5, 5.41) is 0. The summed E-state index contributed by atoms with van der Waals surface area (Å²) in [6.07, 6.45) is 0.996. The fraction of sp³-hybridized carbons (Fsp3) is 0.312. The lowest BCUT2D eigenvalue weighted by atomic mass is 10.1. The minimum absolute atomic E-state index is 0.00996. The van der Waals surface area contributed by atoms with Crippen LogP contribution in [0.15, 0.2) is 35.1 Å². The van der Waals surface area contributed by atoms with E-state index in [2.05, 4.69) is 19.1 Å². The third-order valence-electron chi connectivity index (χ3n) is 3.52. The van der Waals surface area contributed by atoms with Gasteiger partial charge in [0.05, 0.1) is 0 Å². The maximum atomic E-state index is 12.5. The molecule has 0 spiro atoms. The zero-order valence-corrected chi connectivity index (χ0v) is 11.7. The predicted octanol–water partition coefficient (Wildman–Crippen LogP) is 2.48. The number of aryl methyl sites for hydroxylation is 3. The average Bonchev–Trinajstić information content (AvgIpc) is 2.39. The van der Waals surface area contributed by atoms with Crippen LogP contribution in [-0.4, -0.2) is 4.57 Å². The van der Waals surface area contributed by atoms with Crippen LogP contribution >= 0.6 is 0 Å². The number of hydrogen-bond acceptors (Lipinski definition) is 2. The highest BCUT2D eigenvalue weighted by molar-refractivity contribution is 5.39. The molecule has 2 rings (SSSR count). The Bertz CT molecular complexity index is 639. The summed E-state index contributed by atoms with van der Waals surface area (Å²) in [5.41, 5.74) is 10.4. The van der Waals surface area contributed by atoms with Crippen molar-refractivity contribution in [1.29, 1.82) is 0 Å². The highest BCUT2D eigenvalue weighted by Gasteiger charge is 2.10. The molecule has 3 nitrogen and oxygen atoms in total. The molecule has 0 saturated heterocycles. The molecule has 0 radical (unpaired) electrons. The van der Waals surface area contributed by atoms with E-state index in [9.17, 15) is 4.79 Å². The predicted molar refractivity (Wildman–Crippen MR) is 78.8 cm³/mol. The van der Waals surface area contributed by atoms with Gasteiger partial charge in [-0.15, -0.1) is 0 Å². The number of hydrogen-bond donors (Lipinski definition) is 1. The Hall–Kier alpha value is -1.87. The third kappa shape index (κ3) is 2.47. The summed E-state index contributed by atoms with van der Waals surface area (Å²) in [6.45, 7) is 6.27. The van der Waals surface area contributed by atoms with Crippen molar-refractivity contribution in [3.05, 3.63) is 63.1 Å². The minimum Gasteiger partial charge on any atom is -0.326 e. The quantitative estimate of drug-likeness (QED) is 0.917. The van der Waals surface area contributed by atoms with Gasteiger partial charge in [0.1, 0.15) is 0 Å². The lowest BCUT2D eigenvalue weighted by Crippen LogP contribution is -2.27. The van der Waals surface area contributed by atoms with Gasteiger partial charge < -0.3 is 5.73 Å². The first-order chi connectivity index (χ1) is 9.08. The van der Waals surface area contributed by atoms with Gasteiger partial charge in [-0.25, -0.2) is 0 Å².